The smallest absolute Gasteiger partial charge is 0.310 e. The number of carboxylic acid groups (broad SMARTS) is 1. The van der Waals surface area contributed by atoms with Crippen LogP contribution in [0.3, 0.4) is 0 Å². The van der Waals surface area contributed by atoms with Crippen LogP contribution in [0.2, 0.25) is 0 Å². The summed E-state index contributed by atoms with van der Waals surface area (Å²) in [4.78, 5) is 46.3. The highest BCUT2D eigenvalue weighted by Gasteiger charge is 2.81. The predicted molar refractivity (Wildman–Crippen MR) is 301 cm³/mol. The Kier molecular flexibility index (Phi) is 14.6. The van der Waals surface area contributed by atoms with Crippen molar-refractivity contribution in [3.05, 3.63) is 41.9 Å². The first-order valence-corrected chi connectivity index (χ1v) is 31.5. The highest BCUT2D eigenvalue weighted by Crippen LogP contribution is 2.83. The van der Waals surface area contributed by atoms with Gasteiger partial charge >= 0.3 is 5.97 Å². The van der Waals surface area contributed by atoms with Gasteiger partial charge in [0.2, 0.25) is 5.91 Å². The first-order valence-electron chi connectivity index (χ1n) is 31.5. The van der Waals surface area contributed by atoms with Crippen molar-refractivity contribution in [3.63, 3.8) is 0 Å². The van der Waals surface area contributed by atoms with Gasteiger partial charge in [-0.3, -0.25) is 9.59 Å². The van der Waals surface area contributed by atoms with Crippen molar-refractivity contribution in [2.45, 2.75) is 197 Å². The number of carboxylic acids is 1. The van der Waals surface area contributed by atoms with Crippen LogP contribution in [0.1, 0.15) is 147 Å². The third-order valence-electron chi connectivity index (χ3n) is 26.0. The van der Waals surface area contributed by atoms with Crippen molar-refractivity contribution in [1.82, 2.24) is 25.3 Å². The number of aliphatic carboxylic acids is 1. The molecule has 2 aromatic heterocycles. The molecule has 24 unspecified atom stereocenters. The maximum absolute atomic E-state index is 15.6. The minimum Gasteiger partial charge on any atom is -0.481 e. The monoisotopic (exact) mass is 1150 g/mol. The lowest BCUT2D eigenvalue weighted by Gasteiger charge is -2.78. The van der Waals surface area contributed by atoms with Crippen molar-refractivity contribution in [1.29, 1.82) is 0 Å². The molecule has 15 N–H and O–H groups in total. The van der Waals surface area contributed by atoms with Gasteiger partial charge in [0.15, 0.2) is 6.29 Å². The molecular weight excluding hydrogens is 1060 g/mol. The highest BCUT2D eigenvalue weighted by molar-refractivity contribution is 5.87. The Balaban J connectivity index is 1.10. The van der Waals surface area contributed by atoms with Crippen LogP contribution in [0.5, 0.6) is 0 Å². The number of nitrogens with two attached hydrogens (primary N) is 1. The molecule has 20 heteroatoms. The van der Waals surface area contributed by atoms with E-state index in [4.69, 9.17) is 20.2 Å². The molecule has 4 bridgehead atoms. The van der Waals surface area contributed by atoms with Crippen LogP contribution >= 0.6 is 0 Å². The number of aromatic amines is 2. The molecular formula is C63H91N7O13. The van der Waals surface area contributed by atoms with E-state index in [-0.39, 0.29) is 49.2 Å². The van der Waals surface area contributed by atoms with Crippen molar-refractivity contribution >= 4 is 17.7 Å². The summed E-state index contributed by atoms with van der Waals surface area (Å²) in [5.41, 5.74) is 2.61. The van der Waals surface area contributed by atoms with Crippen LogP contribution < -0.4 is 16.4 Å². The molecule has 2 spiro atoms. The molecule has 5 heterocycles. The third-order valence-corrected chi connectivity index (χ3v) is 26.0. The molecule has 13 rings (SSSR count). The number of allylic oxidation sites excluding steroid dienone is 2. The van der Waals surface area contributed by atoms with Crippen LogP contribution in [-0.4, -0.2) is 159 Å². The number of carbonyl (C=O) groups excluding carboxylic acids is 1. The van der Waals surface area contributed by atoms with Gasteiger partial charge in [-0.15, -0.1) is 5.92 Å². The fraction of sp³-hybridized carbons (Fsp3) is 0.810. The lowest BCUT2D eigenvalue weighted by atomic mass is 9.26. The number of rotatable bonds is 12. The topological polar surface area (TPSA) is 342 Å². The molecule has 24 atom stereocenters. The predicted octanol–water partition coefficient (Wildman–Crippen LogP) is 3.46. The fourth-order valence-electron chi connectivity index (χ4n) is 22.7. The summed E-state index contributed by atoms with van der Waals surface area (Å²) in [6.07, 6.45) is 6.42. The summed E-state index contributed by atoms with van der Waals surface area (Å²) in [6.45, 7) is 6.14. The number of aliphatic hydroxyl groups is 8. The van der Waals surface area contributed by atoms with Gasteiger partial charge in [0.05, 0.1) is 60.7 Å². The number of carbonyl (C=O) groups is 2. The number of hydrogen-bond acceptors (Lipinski definition) is 16. The van der Waals surface area contributed by atoms with Crippen LogP contribution in [0.15, 0.2) is 30.5 Å². The van der Waals surface area contributed by atoms with Gasteiger partial charge in [-0.2, -0.15) is 0 Å². The van der Waals surface area contributed by atoms with Crippen LogP contribution in [0, 0.1) is 103 Å². The average Bonchev–Trinajstić information content (AvgIpc) is 1.09. The number of nitrogens with one attached hydrogen (secondary N) is 4. The molecule has 6 saturated carbocycles. The molecule has 83 heavy (non-hydrogen) atoms. The van der Waals surface area contributed by atoms with Crippen LogP contribution in [0.4, 0.5) is 5.82 Å². The molecule has 0 radical (unpaired) electrons. The van der Waals surface area contributed by atoms with Gasteiger partial charge in [0.25, 0.3) is 0 Å². The summed E-state index contributed by atoms with van der Waals surface area (Å²) in [5, 5.41) is 115. The second-order valence-electron chi connectivity index (χ2n) is 29.1. The van der Waals surface area contributed by atoms with Crippen molar-refractivity contribution in [2.75, 3.05) is 31.7 Å². The Morgan fingerprint density at radius 3 is 2.37 bits per heavy atom. The summed E-state index contributed by atoms with van der Waals surface area (Å²) in [6, 6.07) is -0.814. The van der Waals surface area contributed by atoms with Crippen molar-refractivity contribution < 1.29 is 65.0 Å². The molecule has 1 amide bonds. The highest BCUT2D eigenvalue weighted by atomic mass is 16.7. The number of ether oxygens (including phenoxy) is 2. The van der Waals surface area contributed by atoms with E-state index in [1.165, 1.54) is 11.9 Å². The number of aliphatic hydroxyl groups excluding tert-OH is 8. The molecule has 3 aliphatic heterocycles. The van der Waals surface area contributed by atoms with E-state index in [9.17, 15) is 50.8 Å². The second kappa shape index (κ2) is 20.8. The van der Waals surface area contributed by atoms with Gasteiger partial charge in [-0.25, -0.2) is 9.97 Å². The van der Waals surface area contributed by atoms with Crippen LogP contribution in [-0.2, 0) is 25.5 Å². The molecule has 456 valence electrons. The van der Waals surface area contributed by atoms with Gasteiger partial charge in [-0.05, 0) is 129 Å². The maximum atomic E-state index is 15.6. The molecule has 2 aromatic rings. The first kappa shape index (κ1) is 58.1. The standard InChI is InChI=1S/C63H91N7O13/c1-57(28-71)20-21-61(56(80)81)36(24-57)34-13-14-43-59(3)19-15-42-58(2,29-72)52(83-54-51(78)49(76)41(74)27-82-54)50(77)47(63(42,43)32-10-4-5-11-32)33(12-6-7-18-62(34,59)35-22-38-53(69-31-68-38)66-25-37(35)61)46-48(70-55(79)60(46)16-8-9-17-60)45(39-26-65-30-67-39)40(73)23-44(64)75/h13,26,30-33,35-37,40-52,54,66,71-78H,4-5,7-11,14-25,27-29,64H2,1-3H3,(H,65,67)(H,68,69)(H,70,79)(H,80,81). The van der Waals surface area contributed by atoms with E-state index >= 15 is 4.79 Å². The van der Waals surface area contributed by atoms with Gasteiger partial charge in [0.1, 0.15) is 30.4 Å². The van der Waals surface area contributed by atoms with E-state index in [1.54, 1.807) is 12.5 Å². The van der Waals surface area contributed by atoms with E-state index < -0.39 is 141 Å². The number of amides is 1. The molecule has 8 fully saturated rings. The zero-order chi connectivity index (χ0) is 58.4. The molecule has 20 nitrogen and oxygen atoms in total. The zero-order valence-corrected chi connectivity index (χ0v) is 48.5. The van der Waals surface area contributed by atoms with Crippen LogP contribution in [0.25, 0.3) is 0 Å². The molecule has 0 aromatic carbocycles. The number of imidazole rings is 2. The lowest BCUT2D eigenvalue weighted by molar-refractivity contribution is -0.354. The Hall–Kier alpha value is -3.98. The van der Waals surface area contributed by atoms with Gasteiger partial charge < -0.3 is 81.8 Å². The Morgan fingerprint density at radius 1 is 0.904 bits per heavy atom. The Morgan fingerprint density at radius 2 is 1.67 bits per heavy atom. The number of aromatic nitrogens is 4. The summed E-state index contributed by atoms with van der Waals surface area (Å²) in [7, 11) is 0. The molecule has 8 aliphatic carbocycles. The van der Waals surface area contributed by atoms with Crippen molar-refractivity contribution in [3.8, 4) is 11.8 Å². The SMILES string of the molecule is CC1(CO)CCC2(C(=O)O)C(C1)C1=CCC3C4(C5CCCC5)C5C(O)C(OC6OCC(O)C(O)C6O)C(C)(CO)C4CCC3(C)C1(CCC#CC5C1C(C(c3cnc[nH]3)C(O)CC(N)O)NC(=O)C13CCCC3)C1Cc3[nH]cnc3NCC12. The summed E-state index contributed by atoms with van der Waals surface area (Å²) < 4.78 is 13.1. The van der Waals surface area contributed by atoms with E-state index in [0.717, 1.165) is 50.0 Å². The van der Waals surface area contributed by atoms with E-state index in [1.807, 2.05) is 6.92 Å². The average molecular weight is 1150 g/mol. The molecule has 11 aliphatic rings. The number of hydrogen-bond donors (Lipinski definition) is 14. The van der Waals surface area contributed by atoms with E-state index in [0.29, 0.717) is 82.9 Å². The fourth-order valence-corrected chi connectivity index (χ4v) is 22.7. The Labute approximate surface area is 486 Å². The third kappa shape index (κ3) is 8.03. The number of anilines is 1. The zero-order valence-electron chi connectivity index (χ0n) is 48.5. The minimum absolute atomic E-state index is 0.0443. The number of nitrogens with zero attached hydrogens (tertiary/aromatic N) is 2. The normalized spacial score (nSPS) is 47.2. The van der Waals surface area contributed by atoms with Gasteiger partial charge in [0, 0.05) is 78.4 Å². The first-order chi connectivity index (χ1) is 39.7. The minimum atomic E-state index is -1.71. The lowest BCUT2D eigenvalue weighted by Crippen LogP contribution is -2.77. The maximum Gasteiger partial charge on any atom is 0.310 e. The summed E-state index contributed by atoms with van der Waals surface area (Å²) in [5.74, 6) is 2.83. The van der Waals surface area contributed by atoms with Crippen molar-refractivity contribution in [2.24, 2.45) is 96.9 Å². The van der Waals surface area contributed by atoms with E-state index in [2.05, 4.69) is 57.3 Å². The largest absolute Gasteiger partial charge is 0.481 e. The number of H-pyrrole nitrogens is 2. The van der Waals surface area contributed by atoms with Gasteiger partial charge in [-0.1, -0.05) is 64.0 Å². The second-order valence-corrected chi connectivity index (χ2v) is 29.1. The molecule has 2 saturated heterocycles. The quantitative estimate of drug-likeness (QED) is 0.0626. The summed E-state index contributed by atoms with van der Waals surface area (Å²) >= 11 is 0. The number of fused-ring (bicyclic) bond motifs is 5. The Bertz CT molecular complexity index is 2860.